The van der Waals surface area contributed by atoms with E-state index in [1.54, 1.807) is 0 Å². The van der Waals surface area contributed by atoms with E-state index in [4.69, 9.17) is 9.47 Å². The molecule has 1 fully saturated rings. The molecule has 0 bridgehead atoms. The number of carbonyl (C=O) groups excluding carboxylic acids is 1. The Morgan fingerprint density at radius 1 is 1.16 bits per heavy atom. The molecule has 1 aliphatic carbocycles. The Bertz CT molecular complexity index is 1040. The van der Waals surface area contributed by atoms with Crippen LogP contribution >= 0.6 is 0 Å². The van der Waals surface area contributed by atoms with Crippen molar-refractivity contribution in [3.8, 4) is 5.75 Å². The Morgan fingerprint density at radius 2 is 1.81 bits per heavy atom. The van der Waals surface area contributed by atoms with E-state index < -0.39 is 46.5 Å². The number of fused-ring (bicyclic) bond motifs is 3. The lowest BCUT2D eigenvalue weighted by molar-refractivity contribution is -0.169. The molecule has 4 nitrogen and oxygen atoms in total. The quantitative estimate of drug-likeness (QED) is 0.537. The van der Waals surface area contributed by atoms with Crippen LogP contribution in [0.5, 0.6) is 5.75 Å². The van der Waals surface area contributed by atoms with Gasteiger partial charge in [0.15, 0.2) is 11.6 Å². The standard InChI is InChI=1S/C23H21F5O4/c1-13(29)32-16-8-9-21(10-14-2-4-15(5-3-14)23(26,27)28)19-17(24)6-7-18(25)20(19)31-12-22(21,30)11-16/h2-7,16,30H,8-12H2,1H3/t16-,21-,22+/m1/s1. The SMILES string of the molecule is CC(=O)O[C@@H]1CC[C@@]2(Cc3ccc(C(F)(F)F)cc3)c3c(F)ccc(F)c3OC[C@@]2(O)C1. The second kappa shape index (κ2) is 7.72. The minimum absolute atomic E-state index is 0.0504. The molecule has 1 aliphatic heterocycles. The van der Waals surface area contributed by atoms with Gasteiger partial charge in [0.2, 0.25) is 0 Å². The van der Waals surface area contributed by atoms with Crippen LogP contribution in [-0.2, 0) is 27.5 Å². The summed E-state index contributed by atoms with van der Waals surface area (Å²) in [6.45, 7) is 0.856. The van der Waals surface area contributed by atoms with Gasteiger partial charge in [-0.1, -0.05) is 12.1 Å². The highest BCUT2D eigenvalue weighted by Crippen LogP contribution is 2.55. The third-order valence-electron chi connectivity index (χ3n) is 6.46. The van der Waals surface area contributed by atoms with Gasteiger partial charge < -0.3 is 14.6 Å². The maximum Gasteiger partial charge on any atom is 0.416 e. The molecule has 0 unspecified atom stereocenters. The summed E-state index contributed by atoms with van der Waals surface area (Å²) >= 11 is 0. The van der Waals surface area contributed by atoms with Crippen molar-refractivity contribution < 1.29 is 41.3 Å². The van der Waals surface area contributed by atoms with Crippen LogP contribution in [0.1, 0.15) is 42.9 Å². The molecule has 4 rings (SSSR count). The van der Waals surface area contributed by atoms with E-state index in [9.17, 15) is 27.5 Å². The molecule has 3 atom stereocenters. The van der Waals surface area contributed by atoms with Gasteiger partial charge in [0.1, 0.15) is 24.1 Å². The summed E-state index contributed by atoms with van der Waals surface area (Å²) in [5, 5.41) is 11.6. The molecule has 9 heteroatoms. The Hall–Kier alpha value is -2.68. The topological polar surface area (TPSA) is 55.8 Å². The number of alkyl halides is 3. The summed E-state index contributed by atoms with van der Waals surface area (Å²) in [5.74, 6) is -2.43. The molecule has 172 valence electrons. The Labute approximate surface area is 181 Å². The van der Waals surface area contributed by atoms with E-state index in [2.05, 4.69) is 0 Å². The van der Waals surface area contributed by atoms with Crippen molar-refractivity contribution in [2.75, 3.05) is 6.61 Å². The van der Waals surface area contributed by atoms with Gasteiger partial charge in [-0.15, -0.1) is 0 Å². The zero-order chi connectivity index (χ0) is 23.3. The van der Waals surface area contributed by atoms with Gasteiger partial charge in [0.05, 0.1) is 5.56 Å². The number of hydrogen-bond acceptors (Lipinski definition) is 4. The molecule has 1 saturated carbocycles. The summed E-state index contributed by atoms with van der Waals surface area (Å²) in [5.41, 5.74) is -3.69. The van der Waals surface area contributed by atoms with Crippen molar-refractivity contribution in [3.63, 3.8) is 0 Å². The van der Waals surface area contributed by atoms with Crippen molar-refractivity contribution in [2.45, 2.75) is 55.9 Å². The van der Waals surface area contributed by atoms with Crippen molar-refractivity contribution in [1.29, 1.82) is 0 Å². The Balaban J connectivity index is 1.81. The third kappa shape index (κ3) is 3.72. The average Bonchev–Trinajstić information content (AvgIpc) is 2.70. The normalized spacial score (nSPS) is 27.2. The average molecular weight is 456 g/mol. The number of benzene rings is 2. The molecule has 0 spiro atoms. The fraction of sp³-hybridized carbons (Fsp3) is 0.435. The van der Waals surface area contributed by atoms with Crippen molar-refractivity contribution >= 4 is 5.97 Å². The Kier molecular flexibility index (Phi) is 5.43. The number of hydrogen-bond donors (Lipinski definition) is 1. The van der Waals surface area contributed by atoms with E-state index >= 15 is 4.39 Å². The largest absolute Gasteiger partial charge is 0.487 e. The first kappa shape index (κ1) is 22.5. The van der Waals surface area contributed by atoms with Crippen molar-refractivity contribution in [1.82, 2.24) is 0 Å². The molecule has 2 aromatic rings. The lowest BCUT2D eigenvalue weighted by atomic mass is 9.55. The van der Waals surface area contributed by atoms with Crippen LogP contribution in [0, 0.1) is 11.6 Å². The van der Waals surface area contributed by atoms with Crippen LogP contribution in [-0.4, -0.2) is 29.4 Å². The van der Waals surface area contributed by atoms with E-state index in [0.29, 0.717) is 5.56 Å². The minimum atomic E-state index is -4.51. The van der Waals surface area contributed by atoms with Crippen LogP contribution in [0.3, 0.4) is 0 Å². The van der Waals surface area contributed by atoms with Crippen LogP contribution in [0.15, 0.2) is 36.4 Å². The van der Waals surface area contributed by atoms with Crippen LogP contribution in [0.25, 0.3) is 0 Å². The smallest absolute Gasteiger partial charge is 0.416 e. The van der Waals surface area contributed by atoms with E-state index in [-0.39, 0.29) is 43.6 Å². The predicted octanol–water partition coefficient (Wildman–Crippen LogP) is 4.70. The third-order valence-corrected chi connectivity index (χ3v) is 6.46. The van der Waals surface area contributed by atoms with Crippen LogP contribution in [0.4, 0.5) is 22.0 Å². The van der Waals surface area contributed by atoms with Gasteiger partial charge in [0, 0.05) is 24.3 Å². The zero-order valence-corrected chi connectivity index (χ0v) is 17.1. The molecule has 2 aromatic carbocycles. The molecule has 1 heterocycles. The highest BCUT2D eigenvalue weighted by molar-refractivity contribution is 5.66. The Morgan fingerprint density at radius 3 is 2.44 bits per heavy atom. The first-order valence-electron chi connectivity index (χ1n) is 10.1. The van der Waals surface area contributed by atoms with Gasteiger partial charge in [0.25, 0.3) is 0 Å². The van der Waals surface area contributed by atoms with Crippen molar-refractivity contribution in [3.05, 3.63) is 64.7 Å². The molecule has 0 radical (unpaired) electrons. The fourth-order valence-corrected chi connectivity index (χ4v) is 5.02. The summed E-state index contributed by atoms with van der Waals surface area (Å²) in [6.07, 6.45) is -4.93. The second-order valence-electron chi connectivity index (χ2n) is 8.48. The van der Waals surface area contributed by atoms with Crippen LogP contribution in [0.2, 0.25) is 0 Å². The fourth-order valence-electron chi connectivity index (χ4n) is 5.02. The predicted molar refractivity (Wildman–Crippen MR) is 103 cm³/mol. The van der Waals surface area contributed by atoms with Gasteiger partial charge >= 0.3 is 12.1 Å². The first-order valence-corrected chi connectivity index (χ1v) is 10.1. The summed E-state index contributed by atoms with van der Waals surface area (Å²) in [7, 11) is 0. The van der Waals surface area contributed by atoms with E-state index in [0.717, 1.165) is 24.3 Å². The summed E-state index contributed by atoms with van der Waals surface area (Å²) in [4.78, 5) is 11.4. The number of rotatable bonds is 3. The highest BCUT2D eigenvalue weighted by Gasteiger charge is 2.60. The lowest BCUT2D eigenvalue weighted by Gasteiger charge is -2.55. The van der Waals surface area contributed by atoms with E-state index in [1.807, 2.05) is 0 Å². The monoisotopic (exact) mass is 456 g/mol. The number of ether oxygens (including phenoxy) is 2. The van der Waals surface area contributed by atoms with Gasteiger partial charge in [-0.05, 0) is 49.1 Å². The first-order chi connectivity index (χ1) is 14.9. The molecular weight excluding hydrogens is 435 g/mol. The maximum absolute atomic E-state index is 15.1. The zero-order valence-electron chi connectivity index (χ0n) is 17.1. The molecule has 0 saturated heterocycles. The molecule has 32 heavy (non-hydrogen) atoms. The highest BCUT2D eigenvalue weighted by atomic mass is 19.4. The molecular formula is C23H21F5O4. The van der Waals surface area contributed by atoms with Gasteiger partial charge in [-0.3, -0.25) is 4.79 Å². The molecule has 2 aliphatic rings. The van der Waals surface area contributed by atoms with Crippen molar-refractivity contribution in [2.24, 2.45) is 0 Å². The molecule has 0 amide bonds. The summed E-state index contributed by atoms with van der Waals surface area (Å²) in [6, 6.07) is 6.23. The second-order valence-corrected chi connectivity index (χ2v) is 8.48. The van der Waals surface area contributed by atoms with Gasteiger partial charge in [-0.2, -0.15) is 13.2 Å². The maximum atomic E-state index is 15.1. The number of halogens is 5. The molecule has 1 N–H and O–H groups in total. The molecule has 0 aromatic heterocycles. The number of esters is 1. The van der Waals surface area contributed by atoms with Crippen LogP contribution < -0.4 is 4.74 Å². The van der Waals surface area contributed by atoms with E-state index in [1.165, 1.54) is 19.1 Å². The summed E-state index contributed by atoms with van der Waals surface area (Å²) < 4.78 is 79.1. The number of carbonyl (C=O) groups is 1. The van der Waals surface area contributed by atoms with Gasteiger partial charge in [-0.25, -0.2) is 8.78 Å². The number of aliphatic hydroxyl groups is 1. The lowest BCUT2D eigenvalue weighted by Crippen LogP contribution is -2.63. The minimum Gasteiger partial charge on any atom is -0.487 e.